The summed E-state index contributed by atoms with van der Waals surface area (Å²) in [6.07, 6.45) is 3.12. The Morgan fingerprint density at radius 2 is 2.25 bits per heavy atom. The first-order valence-electron chi connectivity index (χ1n) is 5.61. The third-order valence-corrected chi connectivity index (χ3v) is 3.98. The van der Waals surface area contributed by atoms with Gasteiger partial charge in [-0.2, -0.15) is 0 Å². The third kappa shape index (κ3) is 2.52. The van der Waals surface area contributed by atoms with Gasteiger partial charge in [-0.15, -0.1) is 11.3 Å². The van der Waals surface area contributed by atoms with Gasteiger partial charge in [0.15, 0.2) is 5.13 Å². The lowest BCUT2D eigenvalue weighted by Crippen LogP contribution is -2.29. The molecule has 0 unspecified atom stereocenters. The van der Waals surface area contributed by atoms with Gasteiger partial charge in [-0.05, 0) is 26.7 Å². The quantitative estimate of drug-likeness (QED) is 0.609. The lowest BCUT2D eigenvalue weighted by molar-refractivity contribution is 0.791. The maximum Gasteiger partial charge on any atom is 0.186 e. The van der Waals surface area contributed by atoms with Crippen LogP contribution >= 0.6 is 11.3 Å². The van der Waals surface area contributed by atoms with Crippen LogP contribution in [0.25, 0.3) is 0 Å². The molecule has 16 heavy (non-hydrogen) atoms. The summed E-state index contributed by atoms with van der Waals surface area (Å²) in [5, 5.41) is 8.39. The maximum atomic E-state index is 7.29. The molecule has 0 saturated heterocycles. The van der Waals surface area contributed by atoms with E-state index in [-0.39, 0.29) is 5.84 Å². The molecule has 1 aliphatic carbocycles. The molecule has 1 saturated carbocycles. The number of rotatable bonds is 5. The summed E-state index contributed by atoms with van der Waals surface area (Å²) >= 11 is 1.75. The second kappa shape index (κ2) is 4.41. The van der Waals surface area contributed by atoms with E-state index in [2.05, 4.69) is 16.8 Å². The van der Waals surface area contributed by atoms with E-state index in [1.807, 2.05) is 6.92 Å². The average molecular weight is 238 g/mol. The second-order valence-electron chi connectivity index (χ2n) is 4.34. The van der Waals surface area contributed by atoms with Crippen molar-refractivity contribution in [1.29, 1.82) is 5.41 Å². The van der Waals surface area contributed by atoms with Gasteiger partial charge in [0.25, 0.3) is 0 Å². The van der Waals surface area contributed by atoms with Gasteiger partial charge < -0.3 is 10.6 Å². The number of hydrogen-bond acceptors (Lipinski definition) is 4. The maximum absolute atomic E-state index is 7.29. The molecule has 1 fully saturated rings. The fourth-order valence-electron chi connectivity index (χ4n) is 1.64. The molecule has 1 aromatic heterocycles. The van der Waals surface area contributed by atoms with Crippen molar-refractivity contribution >= 4 is 22.3 Å². The summed E-state index contributed by atoms with van der Waals surface area (Å²) in [4.78, 5) is 8.18. The van der Waals surface area contributed by atoms with Gasteiger partial charge >= 0.3 is 0 Å². The molecule has 0 aromatic carbocycles. The van der Waals surface area contributed by atoms with Crippen molar-refractivity contribution in [3.63, 3.8) is 0 Å². The van der Waals surface area contributed by atoms with E-state index in [0.29, 0.717) is 12.5 Å². The van der Waals surface area contributed by atoms with Gasteiger partial charge in [0.2, 0.25) is 0 Å². The number of hydrogen-bond donors (Lipinski definition) is 2. The topological polar surface area (TPSA) is 66.0 Å². The zero-order chi connectivity index (χ0) is 11.7. The summed E-state index contributed by atoms with van der Waals surface area (Å²) in [5.74, 6) is 0.260. The van der Waals surface area contributed by atoms with Gasteiger partial charge in [-0.1, -0.05) is 0 Å². The van der Waals surface area contributed by atoms with Crippen LogP contribution in [0.4, 0.5) is 5.13 Å². The zero-order valence-corrected chi connectivity index (χ0v) is 10.6. The SMILES string of the molecule is Cc1nc(N(CCC(=N)N)C2CC2)sc1C. The molecule has 0 aliphatic heterocycles. The standard InChI is InChI=1S/C11H18N4S/c1-7-8(2)16-11(14-7)15(9-3-4-9)6-5-10(12)13/h9H,3-6H2,1-2H3,(H3,12,13). The molecule has 0 radical (unpaired) electrons. The zero-order valence-electron chi connectivity index (χ0n) is 9.79. The van der Waals surface area contributed by atoms with E-state index in [9.17, 15) is 0 Å². The van der Waals surface area contributed by atoms with E-state index in [1.165, 1.54) is 17.7 Å². The summed E-state index contributed by atoms with van der Waals surface area (Å²) in [6, 6.07) is 0.629. The van der Waals surface area contributed by atoms with Gasteiger partial charge in [0.1, 0.15) is 0 Å². The highest BCUT2D eigenvalue weighted by Gasteiger charge is 2.30. The summed E-state index contributed by atoms with van der Waals surface area (Å²) in [7, 11) is 0. The molecule has 1 aliphatic rings. The van der Waals surface area contributed by atoms with E-state index in [4.69, 9.17) is 11.1 Å². The van der Waals surface area contributed by atoms with Crippen molar-refractivity contribution in [3.8, 4) is 0 Å². The molecule has 1 aromatic rings. The van der Waals surface area contributed by atoms with Crippen LogP contribution in [-0.4, -0.2) is 23.4 Å². The summed E-state index contributed by atoms with van der Waals surface area (Å²) in [6.45, 7) is 4.98. The first kappa shape index (κ1) is 11.4. The minimum absolute atomic E-state index is 0.260. The van der Waals surface area contributed by atoms with Crippen molar-refractivity contribution in [2.45, 2.75) is 39.2 Å². The Bertz CT molecular complexity index is 375. The largest absolute Gasteiger partial charge is 0.388 e. The molecule has 4 nitrogen and oxygen atoms in total. The van der Waals surface area contributed by atoms with Crippen LogP contribution in [0.3, 0.4) is 0 Å². The van der Waals surface area contributed by atoms with E-state index >= 15 is 0 Å². The predicted octanol–water partition coefficient (Wildman–Crippen LogP) is 2.05. The molecule has 0 atom stereocenters. The van der Waals surface area contributed by atoms with Crippen molar-refractivity contribution in [2.75, 3.05) is 11.4 Å². The highest BCUT2D eigenvalue weighted by molar-refractivity contribution is 7.15. The first-order chi connectivity index (χ1) is 7.58. The van der Waals surface area contributed by atoms with Crippen LogP contribution in [0.15, 0.2) is 0 Å². The minimum Gasteiger partial charge on any atom is -0.388 e. The lowest BCUT2D eigenvalue weighted by Gasteiger charge is -2.20. The Kier molecular flexibility index (Phi) is 3.14. The Morgan fingerprint density at radius 3 is 2.69 bits per heavy atom. The Labute approximate surface area is 100.0 Å². The molecule has 2 rings (SSSR count). The van der Waals surface area contributed by atoms with Crippen LogP contribution in [-0.2, 0) is 0 Å². The number of anilines is 1. The second-order valence-corrected chi connectivity index (χ2v) is 5.52. The molecule has 0 amide bonds. The third-order valence-electron chi connectivity index (χ3n) is 2.87. The lowest BCUT2D eigenvalue weighted by atomic mass is 10.3. The van der Waals surface area contributed by atoms with E-state index in [1.54, 1.807) is 11.3 Å². The smallest absolute Gasteiger partial charge is 0.186 e. The number of nitrogens with two attached hydrogens (primary N) is 1. The Morgan fingerprint density at radius 1 is 1.56 bits per heavy atom. The highest BCUT2D eigenvalue weighted by Crippen LogP contribution is 2.34. The van der Waals surface area contributed by atoms with Crippen molar-refractivity contribution in [3.05, 3.63) is 10.6 Å². The minimum atomic E-state index is 0.260. The van der Waals surface area contributed by atoms with E-state index < -0.39 is 0 Å². The Hall–Kier alpha value is -1.10. The molecular weight excluding hydrogens is 220 g/mol. The van der Waals surface area contributed by atoms with Crippen LogP contribution in [0.5, 0.6) is 0 Å². The molecule has 0 spiro atoms. The van der Waals surface area contributed by atoms with Crippen LogP contribution < -0.4 is 10.6 Å². The monoisotopic (exact) mass is 238 g/mol. The average Bonchev–Trinajstić information content (AvgIpc) is 2.96. The number of nitrogens with one attached hydrogen (secondary N) is 1. The van der Waals surface area contributed by atoms with Gasteiger partial charge in [-0.3, -0.25) is 5.41 Å². The van der Waals surface area contributed by atoms with E-state index in [0.717, 1.165) is 17.4 Å². The molecule has 1 heterocycles. The van der Waals surface area contributed by atoms with Crippen LogP contribution in [0, 0.1) is 19.3 Å². The molecule has 5 heteroatoms. The summed E-state index contributed by atoms with van der Waals surface area (Å²) < 4.78 is 0. The number of aromatic nitrogens is 1. The van der Waals surface area contributed by atoms with Crippen molar-refractivity contribution in [1.82, 2.24) is 4.98 Å². The fourth-order valence-corrected chi connectivity index (χ4v) is 2.65. The predicted molar refractivity (Wildman–Crippen MR) is 68.5 cm³/mol. The van der Waals surface area contributed by atoms with Crippen LogP contribution in [0.1, 0.15) is 29.8 Å². The van der Waals surface area contributed by atoms with Crippen LogP contribution in [0.2, 0.25) is 0 Å². The summed E-state index contributed by atoms with van der Waals surface area (Å²) in [5.41, 5.74) is 6.53. The fraction of sp³-hybridized carbons (Fsp3) is 0.636. The van der Waals surface area contributed by atoms with Gasteiger partial charge in [0, 0.05) is 23.9 Å². The first-order valence-corrected chi connectivity index (χ1v) is 6.43. The van der Waals surface area contributed by atoms with Crippen molar-refractivity contribution < 1.29 is 0 Å². The molecule has 3 N–H and O–H groups in total. The normalized spacial score (nSPS) is 15.1. The number of aryl methyl sites for hydroxylation is 2. The van der Waals surface area contributed by atoms with Gasteiger partial charge in [0.05, 0.1) is 11.5 Å². The molecule has 0 bridgehead atoms. The van der Waals surface area contributed by atoms with Gasteiger partial charge in [-0.25, -0.2) is 4.98 Å². The number of nitrogens with zero attached hydrogens (tertiary/aromatic N) is 2. The Balaban J connectivity index is 2.09. The number of thiazole rings is 1. The van der Waals surface area contributed by atoms with Crippen molar-refractivity contribution in [2.24, 2.45) is 5.73 Å². The highest BCUT2D eigenvalue weighted by atomic mass is 32.1. The molecule has 88 valence electrons. The molecular formula is C11H18N4S. The number of amidine groups is 1.